The second-order valence-corrected chi connectivity index (χ2v) is 5.40. The Bertz CT molecular complexity index is 743. The maximum absolute atomic E-state index is 12.1. The summed E-state index contributed by atoms with van der Waals surface area (Å²) < 4.78 is 17.1. The van der Waals surface area contributed by atoms with Crippen molar-refractivity contribution in [2.24, 2.45) is 7.05 Å². The van der Waals surface area contributed by atoms with Gasteiger partial charge in [0.1, 0.15) is 5.56 Å². The normalized spacial score (nSPS) is 13.6. The fourth-order valence-corrected chi connectivity index (χ4v) is 2.48. The van der Waals surface area contributed by atoms with E-state index in [1.54, 1.807) is 31.4 Å². The molecule has 8 nitrogen and oxygen atoms in total. The Morgan fingerprint density at radius 1 is 1.46 bits per heavy atom. The highest BCUT2D eigenvalue weighted by molar-refractivity contribution is 5.96. The molecule has 0 aliphatic carbocycles. The fourth-order valence-electron chi connectivity index (χ4n) is 2.48. The molecule has 8 heteroatoms. The van der Waals surface area contributed by atoms with Crippen molar-refractivity contribution in [3.8, 4) is 17.4 Å². The van der Waals surface area contributed by atoms with Gasteiger partial charge in [0.05, 0.1) is 13.2 Å². The van der Waals surface area contributed by atoms with Crippen LogP contribution in [0.1, 0.15) is 28.4 Å². The number of aliphatic hydroxyl groups is 1. The third kappa shape index (κ3) is 3.28. The van der Waals surface area contributed by atoms with Gasteiger partial charge in [-0.2, -0.15) is 0 Å². The van der Waals surface area contributed by atoms with Crippen LogP contribution in [0.4, 0.5) is 0 Å². The molecule has 0 unspecified atom stereocenters. The molecule has 1 aromatic carbocycles. The maximum Gasteiger partial charge on any atom is 0.258 e. The number of carbonyl (C=O) groups excluding carboxylic acids is 1. The van der Waals surface area contributed by atoms with E-state index in [0.717, 1.165) is 0 Å². The number of nitrogens with one attached hydrogen (secondary N) is 1. The van der Waals surface area contributed by atoms with E-state index in [2.05, 4.69) is 10.4 Å². The highest BCUT2D eigenvalue weighted by Gasteiger charge is 2.18. The van der Waals surface area contributed by atoms with Crippen molar-refractivity contribution >= 4 is 5.91 Å². The Balaban J connectivity index is 1.55. The lowest BCUT2D eigenvalue weighted by Gasteiger charge is -2.12. The molecule has 128 valence electrons. The van der Waals surface area contributed by atoms with Crippen molar-refractivity contribution in [2.45, 2.75) is 12.5 Å². The average Bonchev–Trinajstić information content (AvgIpc) is 3.19. The van der Waals surface area contributed by atoms with Gasteiger partial charge < -0.3 is 24.6 Å². The zero-order valence-electron chi connectivity index (χ0n) is 13.5. The summed E-state index contributed by atoms with van der Waals surface area (Å²) in [6, 6.07) is 5.29. The topological polar surface area (TPSA) is 94.8 Å². The number of rotatable bonds is 6. The van der Waals surface area contributed by atoms with Gasteiger partial charge in [-0.25, -0.2) is 0 Å². The second-order valence-electron chi connectivity index (χ2n) is 5.40. The molecule has 1 aromatic heterocycles. The van der Waals surface area contributed by atoms with Gasteiger partial charge in [-0.05, 0) is 24.1 Å². The van der Waals surface area contributed by atoms with Gasteiger partial charge in [-0.1, -0.05) is 6.07 Å². The lowest BCUT2D eigenvalue weighted by atomic mass is 10.1. The van der Waals surface area contributed by atoms with Crippen molar-refractivity contribution in [1.82, 2.24) is 15.1 Å². The SMILES string of the molecule is COc1nn(C)cc1C(=O)NCC[C@H](O)c1ccc2c(c1)OCO2. The maximum atomic E-state index is 12.1. The summed E-state index contributed by atoms with van der Waals surface area (Å²) in [5.41, 5.74) is 1.07. The van der Waals surface area contributed by atoms with Crippen LogP contribution in [-0.2, 0) is 7.05 Å². The Hall–Kier alpha value is -2.74. The molecule has 1 atom stereocenters. The number of aryl methyl sites for hydroxylation is 1. The third-order valence-corrected chi connectivity index (χ3v) is 3.72. The standard InChI is InChI=1S/C16H19N3O5/c1-19-8-11(16(18-19)22-2)15(21)17-6-5-12(20)10-3-4-13-14(7-10)24-9-23-13/h3-4,7-8,12,20H,5-6,9H2,1-2H3,(H,17,21)/t12-/m0/s1. The van der Waals surface area contributed by atoms with Gasteiger partial charge >= 0.3 is 0 Å². The fraction of sp³-hybridized carbons (Fsp3) is 0.375. The monoisotopic (exact) mass is 333 g/mol. The number of ether oxygens (including phenoxy) is 3. The summed E-state index contributed by atoms with van der Waals surface area (Å²) in [5, 5.41) is 17.0. The molecule has 0 saturated carbocycles. The third-order valence-electron chi connectivity index (χ3n) is 3.72. The lowest BCUT2D eigenvalue weighted by molar-refractivity contribution is 0.0939. The number of carbonyl (C=O) groups is 1. The summed E-state index contributed by atoms with van der Waals surface area (Å²) in [6.45, 7) is 0.504. The van der Waals surface area contributed by atoms with E-state index in [0.29, 0.717) is 35.6 Å². The average molecular weight is 333 g/mol. The Morgan fingerprint density at radius 3 is 3.04 bits per heavy atom. The van der Waals surface area contributed by atoms with Crippen LogP contribution in [0.3, 0.4) is 0 Å². The number of amides is 1. The first-order chi connectivity index (χ1) is 11.6. The van der Waals surface area contributed by atoms with Crippen LogP contribution in [0.2, 0.25) is 0 Å². The predicted molar refractivity (Wildman–Crippen MR) is 84.2 cm³/mol. The molecule has 1 amide bonds. The van der Waals surface area contributed by atoms with Gasteiger partial charge in [-0.3, -0.25) is 9.48 Å². The van der Waals surface area contributed by atoms with Crippen LogP contribution in [-0.4, -0.2) is 41.2 Å². The van der Waals surface area contributed by atoms with Crippen molar-refractivity contribution in [3.05, 3.63) is 35.5 Å². The Labute approximate surface area is 138 Å². The van der Waals surface area contributed by atoms with E-state index in [-0.39, 0.29) is 18.6 Å². The van der Waals surface area contributed by atoms with Crippen LogP contribution < -0.4 is 19.5 Å². The molecule has 1 aliphatic rings. The Morgan fingerprint density at radius 2 is 2.25 bits per heavy atom. The number of methoxy groups -OCH3 is 1. The van der Waals surface area contributed by atoms with Crippen LogP contribution in [0.5, 0.6) is 17.4 Å². The first-order valence-electron chi connectivity index (χ1n) is 7.52. The zero-order chi connectivity index (χ0) is 17.1. The molecule has 2 heterocycles. The molecule has 0 radical (unpaired) electrons. The zero-order valence-corrected chi connectivity index (χ0v) is 13.5. The van der Waals surface area contributed by atoms with E-state index in [9.17, 15) is 9.90 Å². The molecule has 3 rings (SSSR count). The molecule has 0 bridgehead atoms. The first-order valence-corrected chi connectivity index (χ1v) is 7.52. The highest BCUT2D eigenvalue weighted by atomic mass is 16.7. The van der Waals surface area contributed by atoms with Crippen molar-refractivity contribution in [1.29, 1.82) is 0 Å². The number of benzene rings is 1. The second kappa shape index (κ2) is 6.79. The summed E-state index contributed by atoms with van der Waals surface area (Å²) in [5.74, 6) is 1.27. The van der Waals surface area contributed by atoms with Crippen LogP contribution in [0, 0.1) is 0 Å². The molecule has 0 spiro atoms. The van der Waals surface area contributed by atoms with E-state index >= 15 is 0 Å². The number of aromatic nitrogens is 2. The van der Waals surface area contributed by atoms with Crippen molar-refractivity contribution in [3.63, 3.8) is 0 Å². The molecule has 1 aliphatic heterocycles. The summed E-state index contributed by atoms with van der Waals surface area (Å²) in [6.07, 6.45) is 1.24. The molecule has 0 fully saturated rings. The minimum absolute atomic E-state index is 0.192. The van der Waals surface area contributed by atoms with E-state index in [1.807, 2.05) is 0 Å². The predicted octanol–water partition coefficient (Wildman–Crippen LogP) is 1.01. The lowest BCUT2D eigenvalue weighted by Crippen LogP contribution is -2.25. The van der Waals surface area contributed by atoms with Gasteiger partial charge in [0.2, 0.25) is 12.7 Å². The first kappa shape index (κ1) is 16.1. The number of nitrogens with zero attached hydrogens (tertiary/aromatic N) is 2. The minimum Gasteiger partial charge on any atom is -0.479 e. The van der Waals surface area contributed by atoms with Gasteiger partial charge in [0.25, 0.3) is 5.91 Å². The van der Waals surface area contributed by atoms with E-state index in [4.69, 9.17) is 14.2 Å². The van der Waals surface area contributed by atoms with Crippen LogP contribution in [0.15, 0.2) is 24.4 Å². The highest BCUT2D eigenvalue weighted by Crippen LogP contribution is 2.34. The minimum atomic E-state index is -0.712. The molecule has 2 aromatic rings. The van der Waals surface area contributed by atoms with Gasteiger partial charge in [0.15, 0.2) is 11.5 Å². The van der Waals surface area contributed by atoms with Crippen molar-refractivity contribution in [2.75, 3.05) is 20.4 Å². The van der Waals surface area contributed by atoms with Gasteiger partial charge in [0, 0.05) is 19.8 Å². The number of hydrogen-bond acceptors (Lipinski definition) is 6. The Kier molecular flexibility index (Phi) is 4.57. The molecular weight excluding hydrogens is 314 g/mol. The quantitative estimate of drug-likeness (QED) is 0.819. The van der Waals surface area contributed by atoms with Gasteiger partial charge in [-0.15, -0.1) is 5.10 Å². The number of fused-ring (bicyclic) bond motifs is 1. The molecule has 0 saturated heterocycles. The smallest absolute Gasteiger partial charge is 0.258 e. The number of hydrogen-bond donors (Lipinski definition) is 2. The number of aliphatic hydroxyl groups excluding tert-OH is 1. The van der Waals surface area contributed by atoms with E-state index in [1.165, 1.54) is 11.8 Å². The molecular formula is C16H19N3O5. The van der Waals surface area contributed by atoms with Crippen molar-refractivity contribution < 1.29 is 24.1 Å². The van der Waals surface area contributed by atoms with Crippen LogP contribution >= 0.6 is 0 Å². The van der Waals surface area contributed by atoms with Crippen LogP contribution in [0.25, 0.3) is 0 Å². The largest absolute Gasteiger partial charge is 0.479 e. The molecule has 2 N–H and O–H groups in total. The summed E-state index contributed by atoms with van der Waals surface area (Å²) >= 11 is 0. The van der Waals surface area contributed by atoms with E-state index < -0.39 is 6.10 Å². The summed E-state index contributed by atoms with van der Waals surface area (Å²) in [4.78, 5) is 12.1. The molecule has 24 heavy (non-hydrogen) atoms. The summed E-state index contributed by atoms with van der Waals surface area (Å²) in [7, 11) is 3.17.